The van der Waals surface area contributed by atoms with E-state index in [2.05, 4.69) is 83.8 Å². The predicted molar refractivity (Wildman–Crippen MR) is 467 cm³/mol. The van der Waals surface area contributed by atoms with Crippen molar-refractivity contribution < 1.29 is 71.9 Å². The molecule has 4 fully saturated rings. The lowest BCUT2D eigenvalue weighted by molar-refractivity contribution is -0.142. The number of amides is 15. The second-order valence-corrected chi connectivity index (χ2v) is 31.8. The van der Waals surface area contributed by atoms with Gasteiger partial charge in [0.2, 0.25) is 88.6 Å². The first-order valence-electron chi connectivity index (χ1n) is 42.7. The highest BCUT2D eigenvalue weighted by Crippen LogP contribution is 2.26. The van der Waals surface area contributed by atoms with Gasteiger partial charge in [-0.2, -0.15) is 0 Å². The number of unbranched alkanes of at least 4 members (excludes halogenated alkanes) is 1. The number of para-hydroxylation sites is 2. The van der Waals surface area contributed by atoms with Gasteiger partial charge in [0.15, 0.2) is 11.9 Å². The van der Waals surface area contributed by atoms with E-state index in [1.165, 1.54) is 23.6 Å². The maximum atomic E-state index is 14.5. The Labute approximate surface area is 724 Å². The number of carbonyl (C=O) groups is 15. The van der Waals surface area contributed by atoms with Crippen LogP contribution in [0.25, 0.3) is 21.8 Å². The molecule has 2 aromatic heterocycles. The van der Waals surface area contributed by atoms with E-state index in [-0.39, 0.29) is 147 Å². The van der Waals surface area contributed by atoms with Gasteiger partial charge in [-0.05, 0) is 124 Å². The molecule has 24 N–H and O–H groups in total. The number of aromatic amines is 2. The van der Waals surface area contributed by atoms with Gasteiger partial charge in [-0.1, -0.05) is 117 Å². The minimum Gasteiger partial charge on any atom is -0.370 e. The highest BCUT2D eigenvalue weighted by molar-refractivity contribution is 6.01. The van der Waals surface area contributed by atoms with Gasteiger partial charge in [-0.3, -0.25) is 81.9 Å². The van der Waals surface area contributed by atoms with Crippen LogP contribution in [-0.4, -0.2) is 232 Å². The quantitative estimate of drug-likeness (QED) is 0.0162. The molecule has 15 amide bonds. The fourth-order valence-corrected chi connectivity index (χ4v) is 15.8. The van der Waals surface area contributed by atoms with E-state index in [9.17, 15) is 71.9 Å². The van der Waals surface area contributed by atoms with Crippen molar-refractivity contribution in [3.63, 3.8) is 0 Å². The van der Waals surface area contributed by atoms with Crippen LogP contribution >= 0.6 is 0 Å². The molecule has 4 aliphatic heterocycles. The Morgan fingerprint density at radius 3 is 1.18 bits per heavy atom. The first-order chi connectivity index (χ1) is 60.0. The van der Waals surface area contributed by atoms with Crippen LogP contribution in [0.1, 0.15) is 152 Å². The van der Waals surface area contributed by atoms with Gasteiger partial charge in [0, 0.05) is 119 Å². The first-order valence-corrected chi connectivity index (χ1v) is 42.7. The summed E-state index contributed by atoms with van der Waals surface area (Å²) in [6, 6.07) is 19.7. The number of fused-ring (bicyclic) bond motifs is 4. The van der Waals surface area contributed by atoms with Gasteiger partial charge in [-0.25, -0.2) is 0 Å². The van der Waals surface area contributed by atoms with Gasteiger partial charge in [0.25, 0.3) is 0 Å². The highest BCUT2D eigenvalue weighted by atomic mass is 16.2. The van der Waals surface area contributed by atoms with Gasteiger partial charge in [0.1, 0.15) is 72.5 Å². The van der Waals surface area contributed by atoms with Gasteiger partial charge in [0.05, 0.1) is 0 Å². The molecule has 672 valence electrons. The van der Waals surface area contributed by atoms with Crippen molar-refractivity contribution in [2.45, 2.75) is 228 Å². The van der Waals surface area contributed by atoms with Crippen LogP contribution in [0.2, 0.25) is 0 Å². The highest BCUT2D eigenvalue weighted by Gasteiger charge is 2.43. The Morgan fingerprint density at radius 2 is 0.792 bits per heavy atom. The molecule has 38 nitrogen and oxygen atoms in total. The van der Waals surface area contributed by atoms with E-state index in [0.717, 1.165) is 38.5 Å². The molecule has 4 aromatic carbocycles. The standard InChI is InChI=1S/C44H61N11O7.C43H58N12O8/c1-3-4-16-33-39(58)54-36(25-29-26-49-31-17-9-8-15-30(29)31)41(60)51-32(18-10-22-48-44(45)46)38(57)47-21-11-19-34(43(62)55-23-12-20-37(55)42(61)52-33)53-40(59)35(50-27(2)56)24-28-13-6-5-7-14-28;1-25(56)50-33(22-26-10-3-2-4-11-26)39(60)53-32-15-8-19-47-37(58)30(14-7-20-48-43(45)46)51-40(61)34(23-27-24-49-29-13-6-5-12-28(27)29)54-38(59)31(17-18-36(44)57)52-41(62)35-16-9-21-55(35)42(32)63/h5-9,13-15,17,26,32-37,49H,3-4,10-12,16,18-25H2,1-2H3,(H,47,57)(H,50,56)(H,51,60)(H,52,61)(H,53,59)(H,54,58)(H4,45,46,48);2-6,10-13,24,30-35,49H,7-9,14-23H2,1H3,(H2,44,57)(H,47,58)(H,50,56)(H,51,61)(H,52,62)(H,53,60)(H,54,59)(H4,45,46,48)/t32-,33+,34-,35-,36-,37-;30-,31+,32-,33-,34-,35-/m00/s1. The van der Waals surface area contributed by atoms with Crippen molar-refractivity contribution in [3.8, 4) is 0 Å². The van der Waals surface area contributed by atoms with Crippen LogP contribution in [0, 0.1) is 0 Å². The molecule has 4 saturated heterocycles. The van der Waals surface area contributed by atoms with Gasteiger partial charge >= 0.3 is 0 Å². The van der Waals surface area contributed by atoms with E-state index in [0.29, 0.717) is 44.1 Å². The summed E-state index contributed by atoms with van der Waals surface area (Å²) in [7, 11) is 0. The molecule has 0 saturated carbocycles. The number of hydrogen-bond acceptors (Lipinski definition) is 17. The molecule has 6 aromatic rings. The lowest BCUT2D eigenvalue weighted by atomic mass is 10.0. The molecule has 0 radical (unpaired) electrons. The number of primary amides is 1. The van der Waals surface area contributed by atoms with E-state index in [4.69, 9.17) is 28.7 Å². The molecule has 10 rings (SSSR count). The lowest BCUT2D eigenvalue weighted by Gasteiger charge is -2.31. The molecule has 6 heterocycles. The molecule has 0 spiro atoms. The van der Waals surface area contributed by atoms with Crippen LogP contribution in [0.3, 0.4) is 0 Å². The number of carbonyl (C=O) groups excluding carboxylic acids is 15. The summed E-state index contributed by atoms with van der Waals surface area (Å²) in [4.78, 5) is 223. The Hall–Kier alpha value is -13.5. The normalized spacial score (nSPS) is 22.1. The summed E-state index contributed by atoms with van der Waals surface area (Å²) in [5.41, 5.74) is 32.2. The number of aromatic nitrogens is 2. The zero-order valence-corrected chi connectivity index (χ0v) is 70.9. The minimum atomic E-state index is -1.37. The van der Waals surface area contributed by atoms with Crippen molar-refractivity contribution in [1.29, 1.82) is 0 Å². The van der Waals surface area contributed by atoms with E-state index < -0.39 is 161 Å². The van der Waals surface area contributed by atoms with Gasteiger partial charge in [-0.15, -0.1) is 0 Å². The molecule has 125 heavy (non-hydrogen) atoms. The van der Waals surface area contributed by atoms with Crippen LogP contribution in [0.15, 0.2) is 132 Å². The number of nitrogens with zero attached hydrogens (tertiary/aromatic N) is 4. The van der Waals surface area contributed by atoms with Crippen molar-refractivity contribution in [3.05, 3.63) is 144 Å². The largest absolute Gasteiger partial charge is 0.370 e. The third kappa shape index (κ3) is 29.1. The maximum absolute atomic E-state index is 14.5. The van der Waals surface area contributed by atoms with Gasteiger partial charge < -0.3 is 112 Å². The van der Waals surface area contributed by atoms with Crippen molar-refractivity contribution >= 4 is 122 Å². The smallest absolute Gasteiger partial charge is 0.245 e. The summed E-state index contributed by atoms with van der Waals surface area (Å²) in [5, 5.41) is 35.2. The fourth-order valence-electron chi connectivity index (χ4n) is 15.8. The maximum Gasteiger partial charge on any atom is 0.245 e. The van der Waals surface area contributed by atoms with E-state index in [1.807, 2.05) is 91.9 Å². The lowest BCUT2D eigenvalue weighted by Crippen LogP contribution is -2.60. The summed E-state index contributed by atoms with van der Waals surface area (Å²) >= 11 is 0. The number of hydrogen-bond donors (Lipinski definition) is 19. The second-order valence-electron chi connectivity index (χ2n) is 31.8. The number of aliphatic imine (C=N–C) groups is 2. The third-order valence-electron chi connectivity index (χ3n) is 22.2. The van der Waals surface area contributed by atoms with Crippen molar-refractivity contribution in [2.75, 3.05) is 39.3 Å². The SMILES string of the molecule is CC(=O)N[C@@H](Cc1ccccc1)C(=O)N[C@H]1CCCNC(=O)[C@H](CCCN=C(N)N)NC(=O)[C@H](Cc2c[nH]c3ccccc23)NC(=O)[C@@H](CCC(N)=O)NC(=O)[C@@H]2CCCN2C1=O.CCCC[C@H]1NC(=O)[C@@H]2CCCN2C(=O)[C@@H](NC(=O)[C@H](Cc2ccccc2)NC(C)=O)CCCNC(=O)[C@H](CCCN=C(N)N)NC(=O)[C@H](Cc2c[nH]c3ccccc23)NC1=O. The molecular weight excluding hydrogens is 1610 g/mol. The van der Waals surface area contributed by atoms with Crippen molar-refractivity contribution in [2.24, 2.45) is 38.7 Å². The molecule has 12 atom stereocenters. The minimum absolute atomic E-state index is 0.0195. The molecular formula is C87H119N23O15. The Morgan fingerprint density at radius 1 is 0.432 bits per heavy atom. The number of guanidine groups is 2. The monoisotopic (exact) mass is 1730 g/mol. The molecule has 0 aliphatic carbocycles. The topological polar surface area (TPSA) is 593 Å². The van der Waals surface area contributed by atoms with Crippen LogP contribution in [-0.2, 0) is 97.6 Å². The average Bonchev–Trinajstić information content (AvgIpc) is 1.72. The first kappa shape index (κ1) is 95.4. The molecule has 0 bridgehead atoms. The second kappa shape index (κ2) is 47.8. The average molecular weight is 1730 g/mol. The summed E-state index contributed by atoms with van der Waals surface area (Å²) in [5.74, 6) is -9.14. The number of nitrogens with two attached hydrogens (primary N) is 5. The molecule has 38 heteroatoms. The van der Waals surface area contributed by atoms with Crippen LogP contribution in [0.4, 0.5) is 0 Å². The Kier molecular flexibility index (Phi) is 36.5. The van der Waals surface area contributed by atoms with Crippen LogP contribution in [0.5, 0.6) is 0 Å². The molecule has 4 aliphatic rings. The summed E-state index contributed by atoms with van der Waals surface area (Å²) < 4.78 is 0. The van der Waals surface area contributed by atoms with Crippen LogP contribution < -0.4 is 92.5 Å². The Balaban J connectivity index is 0.000000283. The Bertz CT molecular complexity index is 4820. The fraction of sp³-hybridized carbons (Fsp3) is 0.483. The predicted octanol–water partition coefficient (Wildman–Crippen LogP) is -0.841. The number of rotatable bonds is 28. The number of nitrogens with one attached hydrogen (secondary N) is 14. The molecule has 0 unspecified atom stereocenters. The van der Waals surface area contributed by atoms with E-state index in [1.54, 1.807) is 36.7 Å². The summed E-state index contributed by atoms with van der Waals surface area (Å²) in [6.45, 7) is 5.37. The van der Waals surface area contributed by atoms with Crippen molar-refractivity contribution in [1.82, 2.24) is 83.6 Å². The third-order valence-corrected chi connectivity index (χ3v) is 22.2. The van der Waals surface area contributed by atoms with E-state index >= 15 is 0 Å². The number of H-pyrrole nitrogens is 2. The zero-order valence-electron chi connectivity index (χ0n) is 70.9. The zero-order chi connectivity index (χ0) is 90.1. The number of benzene rings is 4. The summed E-state index contributed by atoms with van der Waals surface area (Å²) in [6.07, 6.45) is 7.73.